The van der Waals surface area contributed by atoms with Crippen molar-refractivity contribution in [1.82, 2.24) is 9.78 Å². The van der Waals surface area contributed by atoms with Crippen LogP contribution < -0.4 is 4.74 Å². The molecule has 18 heavy (non-hydrogen) atoms. The zero-order valence-electron chi connectivity index (χ0n) is 12.1. The summed E-state index contributed by atoms with van der Waals surface area (Å²) in [5, 5.41) is 14.7. The second-order valence-electron chi connectivity index (χ2n) is 5.41. The molecule has 1 heterocycles. The smallest absolute Gasteiger partial charge is 0.162 e. The quantitative estimate of drug-likeness (QED) is 0.874. The Morgan fingerprint density at radius 2 is 2.06 bits per heavy atom. The van der Waals surface area contributed by atoms with E-state index in [1.54, 1.807) is 25.0 Å². The normalized spacial score (nSPS) is 15.5. The van der Waals surface area contributed by atoms with Crippen LogP contribution in [0.4, 0.5) is 0 Å². The number of nitrogens with zero attached hydrogens (tertiary/aromatic N) is 2. The maximum Gasteiger partial charge on any atom is 0.162 e. The average Bonchev–Trinajstić information content (AvgIpc) is 2.64. The first-order valence-electron chi connectivity index (χ1n) is 6.18. The maximum absolute atomic E-state index is 10.6. The van der Waals surface area contributed by atoms with E-state index in [2.05, 4.69) is 5.10 Å². The standard InChI is InChI=1S/C13H24N2O3/c1-7-18-12(13(2,3)4)11(16)10-9(17-6)8-14-15(10)5/h8,11-12,16H,7H2,1-6H3. The second-order valence-corrected chi connectivity index (χ2v) is 5.41. The molecule has 0 saturated carbocycles. The minimum atomic E-state index is -0.771. The summed E-state index contributed by atoms with van der Waals surface area (Å²) in [6, 6.07) is 0. The minimum Gasteiger partial charge on any atom is -0.493 e. The monoisotopic (exact) mass is 256 g/mol. The van der Waals surface area contributed by atoms with Gasteiger partial charge in [-0.1, -0.05) is 20.8 Å². The lowest BCUT2D eigenvalue weighted by atomic mass is 9.84. The van der Waals surface area contributed by atoms with Gasteiger partial charge in [-0.3, -0.25) is 4.68 Å². The van der Waals surface area contributed by atoms with Crippen LogP contribution in [-0.2, 0) is 11.8 Å². The van der Waals surface area contributed by atoms with Crippen molar-refractivity contribution in [3.05, 3.63) is 11.9 Å². The molecule has 0 bridgehead atoms. The lowest BCUT2D eigenvalue weighted by molar-refractivity contribution is -0.0929. The summed E-state index contributed by atoms with van der Waals surface area (Å²) >= 11 is 0. The van der Waals surface area contributed by atoms with Gasteiger partial charge in [-0.05, 0) is 12.3 Å². The van der Waals surface area contributed by atoms with E-state index in [0.717, 1.165) is 0 Å². The predicted molar refractivity (Wildman–Crippen MR) is 69.6 cm³/mol. The van der Waals surface area contributed by atoms with Crippen molar-refractivity contribution in [2.24, 2.45) is 12.5 Å². The third kappa shape index (κ3) is 3.03. The number of rotatable bonds is 5. The highest BCUT2D eigenvalue weighted by Crippen LogP contribution is 2.36. The van der Waals surface area contributed by atoms with Crippen LogP contribution in [0, 0.1) is 5.41 Å². The summed E-state index contributed by atoms with van der Waals surface area (Å²) in [4.78, 5) is 0. The number of aliphatic hydroxyl groups excluding tert-OH is 1. The summed E-state index contributed by atoms with van der Waals surface area (Å²) in [5.74, 6) is 0.582. The van der Waals surface area contributed by atoms with Crippen molar-refractivity contribution in [3.63, 3.8) is 0 Å². The van der Waals surface area contributed by atoms with Crippen LogP contribution in [0.2, 0.25) is 0 Å². The fourth-order valence-corrected chi connectivity index (χ4v) is 2.06. The first kappa shape index (κ1) is 15.0. The number of aryl methyl sites for hydroxylation is 1. The third-order valence-electron chi connectivity index (χ3n) is 2.94. The zero-order valence-corrected chi connectivity index (χ0v) is 12.1. The van der Waals surface area contributed by atoms with Crippen LogP contribution in [0.15, 0.2) is 6.20 Å². The SMILES string of the molecule is CCOC(C(O)c1c(OC)cnn1C)C(C)(C)C. The van der Waals surface area contributed by atoms with Gasteiger partial charge in [0.2, 0.25) is 0 Å². The second kappa shape index (κ2) is 5.71. The van der Waals surface area contributed by atoms with Crippen molar-refractivity contribution in [2.75, 3.05) is 13.7 Å². The first-order chi connectivity index (χ1) is 8.32. The number of hydrogen-bond acceptors (Lipinski definition) is 4. The number of ether oxygens (including phenoxy) is 2. The molecular weight excluding hydrogens is 232 g/mol. The average molecular weight is 256 g/mol. The molecule has 2 atom stereocenters. The number of aliphatic hydroxyl groups is 1. The number of methoxy groups -OCH3 is 1. The van der Waals surface area contributed by atoms with Crippen molar-refractivity contribution < 1.29 is 14.6 Å². The molecule has 0 radical (unpaired) electrons. The van der Waals surface area contributed by atoms with E-state index in [1.807, 2.05) is 27.7 Å². The van der Waals surface area contributed by atoms with E-state index in [4.69, 9.17) is 9.47 Å². The van der Waals surface area contributed by atoms with Crippen molar-refractivity contribution in [2.45, 2.75) is 39.9 Å². The van der Waals surface area contributed by atoms with Gasteiger partial charge >= 0.3 is 0 Å². The molecule has 0 aliphatic heterocycles. The number of aromatic nitrogens is 2. The molecule has 1 aromatic rings. The molecule has 1 rings (SSSR count). The lowest BCUT2D eigenvalue weighted by Crippen LogP contribution is -2.36. The van der Waals surface area contributed by atoms with Crippen LogP contribution in [0.5, 0.6) is 5.75 Å². The maximum atomic E-state index is 10.6. The van der Waals surface area contributed by atoms with Crippen LogP contribution in [-0.4, -0.2) is 34.7 Å². The predicted octanol–water partition coefficient (Wildman–Crippen LogP) is 1.91. The van der Waals surface area contributed by atoms with Gasteiger partial charge in [0.25, 0.3) is 0 Å². The summed E-state index contributed by atoms with van der Waals surface area (Å²) in [5.41, 5.74) is 0.468. The van der Waals surface area contributed by atoms with Gasteiger partial charge in [0.05, 0.1) is 19.4 Å². The fourth-order valence-electron chi connectivity index (χ4n) is 2.06. The van der Waals surface area contributed by atoms with Crippen LogP contribution in [0.25, 0.3) is 0 Å². The molecule has 0 saturated heterocycles. The summed E-state index contributed by atoms with van der Waals surface area (Å²) < 4.78 is 12.6. The van der Waals surface area contributed by atoms with E-state index in [1.165, 1.54) is 0 Å². The Labute approximate surface area is 109 Å². The summed E-state index contributed by atoms with van der Waals surface area (Å²) in [7, 11) is 3.35. The summed E-state index contributed by atoms with van der Waals surface area (Å²) in [6.45, 7) is 8.60. The molecule has 5 heteroatoms. The van der Waals surface area contributed by atoms with E-state index < -0.39 is 6.10 Å². The van der Waals surface area contributed by atoms with Crippen LogP contribution >= 0.6 is 0 Å². The Bertz CT molecular complexity index is 382. The molecule has 0 aliphatic carbocycles. The highest BCUT2D eigenvalue weighted by molar-refractivity contribution is 5.28. The Morgan fingerprint density at radius 3 is 2.50 bits per heavy atom. The molecule has 1 N–H and O–H groups in total. The zero-order chi connectivity index (χ0) is 13.9. The minimum absolute atomic E-state index is 0.176. The van der Waals surface area contributed by atoms with Crippen LogP contribution in [0.3, 0.4) is 0 Å². The van der Waals surface area contributed by atoms with Crippen molar-refractivity contribution in [1.29, 1.82) is 0 Å². The van der Waals surface area contributed by atoms with Gasteiger partial charge < -0.3 is 14.6 Å². The molecule has 0 spiro atoms. The molecule has 0 fully saturated rings. The van der Waals surface area contributed by atoms with Gasteiger partial charge in [0, 0.05) is 13.7 Å². The fraction of sp³-hybridized carbons (Fsp3) is 0.769. The molecule has 0 aliphatic rings. The Morgan fingerprint density at radius 1 is 1.44 bits per heavy atom. The Balaban J connectivity index is 3.09. The third-order valence-corrected chi connectivity index (χ3v) is 2.94. The molecule has 1 aromatic heterocycles. The van der Waals surface area contributed by atoms with E-state index in [-0.39, 0.29) is 11.5 Å². The topological polar surface area (TPSA) is 56.5 Å². The van der Waals surface area contributed by atoms with Gasteiger partial charge in [-0.25, -0.2) is 0 Å². The van der Waals surface area contributed by atoms with Crippen molar-refractivity contribution in [3.8, 4) is 5.75 Å². The molecule has 5 nitrogen and oxygen atoms in total. The van der Waals surface area contributed by atoms with Crippen molar-refractivity contribution >= 4 is 0 Å². The van der Waals surface area contributed by atoms with Gasteiger partial charge in [0.15, 0.2) is 5.75 Å². The van der Waals surface area contributed by atoms with Crippen LogP contribution in [0.1, 0.15) is 39.5 Å². The van der Waals surface area contributed by atoms with E-state index >= 15 is 0 Å². The van der Waals surface area contributed by atoms with Gasteiger partial charge in [-0.2, -0.15) is 5.10 Å². The van der Waals surface area contributed by atoms with E-state index in [9.17, 15) is 5.11 Å². The molecule has 104 valence electrons. The van der Waals surface area contributed by atoms with Gasteiger partial charge in [0.1, 0.15) is 11.8 Å². The molecule has 0 amide bonds. The largest absolute Gasteiger partial charge is 0.493 e. The van der Waals surface area contributed by atoms with Gasteiger partial charge in [-0.15, -0.1) is 0 Å². The Hall–Kier alpha value is -1.07. The Kier molecular flexibility index (Phi) is 4.76. The highest BCUT2D eigenvalue weighted by atomic mass is 16.5. The van der Waals surface area contributed by atoms with E-state index in [0.29, 0.717) is 18.1 Å². The molecular formula is C13H24N2O3. The number of hydrogen-bond donors (Lipinski definition) is 1. The highest BCUT2D eigenvalue weighted by Gasteiger charge is 2.36. The summed E-state index contributed by atoms with van der Waals surface area (Å²) in [6.07, 6.45) is 0.517. The molecule has 2 unspecified atom stereocenters. The first-order valence-corrected chi connectivity index (χ1v) is 6.18. The molecule has 0 aromatic carbocycles. The lowest BCUT2D eigenvalue weighted by Gasteiger charge is -2.34.